The zero-order chi connectivity index (χ0) is 28.3. The second-order valence-corrected chi connectivity index (χ2v) is 11.2. The van der Waals surface area contributed by atoms with Crippen molar-refractivity contribution in [1.29, 1.82) is 0 Å². The van der Waals surface area contributed by atoms with E-state index in [1.54, 1.807) is 29.4 Å². The van der Waals surface area contributed by atoms with Gasteiger partial charge in [0.05, 0.1) is 38.0 Å². The highest BCUT2D eigenvalue weighted by Gasteiger charge is 2.38. The number of hydrogen-bond donors (Lipinski definition) is 0. The number of ether oxygens (including phenoxy) is 3. The number of pyridine rings is 1. The number of hydrogen-bond acceptors (Lipinski definition) is 13. The van der Waals surface area contributed by atoms with Gasteiger partial charge in [-0.15, -0.1) is 10.2 Å². The average molecular weight is 572 g/mol. The predicted octanol–water partition coefficient (Wildman–Crippen LogP) is 1.27. The largest absolute Gasteiger partial charge is 0.479 e. The highest BCUT2D eigenvalue weighted by molar-refractivity contribution is 7.91. The molecule has 0 spiro atoms. The zero-order valence-corrected chi connectivity index (χ0v) is 22.7. The number of aromatic nitrogens is 8. The van der Waals surface area contributed by atoms with Gasteiger partial charge in [-0.2, -0.15) is 9.97 Å². The standard InChI is InChI=1S/C24H26FN9O5S/c1-37-17-7-18(12-33(11-17)24-27-9-16(25)10-28-24)40(35,36)13-19-31-32-21(15-5-4-6-26-8-15)34(19)20-22(38-2)29-14-30-23(20)39-3/h4-6,8-10,14,17-18H,7,11-13H2,1-3H3/t17-,18+/m1/s1. The molecule has 0 aliphatic carbocycles. The van der Waals surface area contributed by atoms with Crippen LogP contribution in [0.1, 0.15) is 12.2 Å². The molecule has 0 radical (unpaired) electrons. The maximum absolute atomic E-state index is 13.9. The van der Waals surface area contributed by atoms with Crippen molar-refractivity contribution in [3.8, 4) is 28.8 Å². The van der Waals surface area contributed by atoms with Crippen LogP contribution in [0, 0.1) is 5.82 Å². The van der Waals surface area contributed by atoms with Crippen LogP contribution in [0.15, 0.2) is 43.2 Å². The quantitative estimate of drug-likeness (QED) is 0.283. The molecule has 0 aromatic carbocycles. The second kappa shape index (κ2) is 11.4. The summed E-state index contributed by atoms with van der Waals surface area (Å²) in [5, 5.41) is 7.68. The molecule has 5 rings (SSSR count). The molecular formula is C24H26FN9O5S. The lowest BCUT2D eigenvalue weighted by atomic mass is 10.1. The van der Waals surface area contributed by atoms with Gasteiger partial charge in [0, 0.05) is 38.2 Å². The Balaban J connectivity index is 1.56. The molecule has 5 heterocycles. The van der Waals surface area contributed by atoms with E-state index in [9.17, 15) is 12.8 Å². The van der Waals surface area contributed by atoms with Gasteiger partial charge >= 0.3 is 0 Å². The number of rotatable bonds is 9. The van der Waals surface area contributed by atoms with E-state index in [1.165, 1.54) is 32.2 Å². The van der Waals surface area contributed by atoms with Crippen molar-refractivity contribution in [3.63, 3.8) is 0 Å². The first-order valence-electron chi connectivity index (χ1n) is 12.1. The van der Waals surface area contributed by atoms with E-state index >= 15 is 0 Å². The van der Waals surface area contributed by atoms with Crippen molar-refractivity contribution in [2.45, 2.75) is 23.5 Å². The number of sulfone groups is 1. The summed E-state index contributed by atoms with van der Waals surface area (Å²) in [5.74, 6) is -0.215. The van der Waals surface area contributed by atoms with Gasteiger partial charge in [-0.1, -0.05) is 0 Å². The lowest BCUT2D eigenvalue weighted by Crippen LogP contribution is -2.50. The first kappa shape index (κ1) is 27.3. The Morgan fingerprint density at radius 2 is 1.73 bits per heavy atom. The summed E-state index contributed by atoms with van der Waals surface area (Å²) in [6.45, 7) is 0.434. The van der Waals surface area contributed by atoms with E-state index in [-0.39, 0.29) is 42.2 Å². The first-order valence-corrected chi connectivity index (χ1v) is 13.8. The van der Waals surface area contributed by atoms with Crippen molar-refractivity contribution in [1.82, 2.24) is 39.7 Å². The maximum Gasteiger partial charge on any atom is 0.245 e. The Morgan fingerprint density at radius 3 is 2.35 bits per heavy atom. The van der Waals surface area contributed by atoms with Crippen molar-refractivity contribution in [2.75, 3.05) is 39.3 Å². The molecule has 0 N–H and O–H groups in total. The summed E-state index contributed by atoms with van der Waals surface area (Å²) in [7, 11) is 0.479. The van der Waals surface area contributed by atoms with Crippen LogP contribution < -0.4 is 14.4 Å². The molecule has 0 unspecified atom stereocenters. The van der Waals surface area contributed by atoms with Crippen molar-refractivity contribution in [2.24, 2.45) is 0 Å². The topological polar surface area (TPSA) is 160 Å². The molecule has 14 nitrogen and oxygen atoms in total. The third-order valence-corrected chi connectivity index (χ3v) is 8.47. The Morgan fingerprint density at radius 1 is 1.00 bits per heavy atom. The number of methoxy groups -OCH3 is 3. The molecule has 2 atom stereocenters. The Bertz CT molecular complexity index is 1550. The molecule has 1 aliphatic heterocycles. The SMILES string of the molecule is COc1ncnc(OC)c1-n1c(CS(=O)(=O)[C@H]2C[C@@H](OC)CN(c3ncc(F)cn3)C2)nnc1-c1cccnc1. The van der Waals surface area contributed by atoms with E-state index < -0.39 is 32.8 Å². The molecule has 4 aromatic heterocycles. The van der Waals surface area contributed by atoms with Crippen LogP contribution in [0.4, 0.5) is 10.3 Å². The summed E-state index contributed by atoms with van der Waals surface area (Å²) in [6, 6.07) is 3.49. The minimum atomic E-state index is -3.88. The third-order valence-electron chi connectivity index (χ3n) is 6.45. The molecule has 210 valence electrons. The fourth-order valence-electron chi connectivity index (χ4n) is 4.53. The zero-order valence-electron chi connectivity index (χ0n) is 21.9. The highest BCUT2D eigenvalue weighted by Crippen LogP contribution is 2.34. The fourth-order valence-corrected chi connectivity index (χ4v) is 6.23. The van der Waals surface area contributed by atoms with Crippen LogP contribution in [-0.4, -0.2) is 93.9 Å². The molecule has 0 amide bonds. The Hall–Kier alpha value is -4.31. The molecule has 1 aliphatic rings. The summed E-state index contributed by atoms with van der Waals surface area (Å²) in [4.78, 5) is 22.2. The van der Waals surface area contributed by atoms with E-state index in [0.717, 1.165) is 12.4 Å². The Kier molecular flexibility index (Phi) is 7.79. The first-order chi connectivity index (χ1) is 19.3. The number of nitrogens with zero attached hydrogens (tertiary/aromatic N) is 9. The average Bonchev–Trinajstić information content (AvgIpc) is 3.39. The highest BCUT2D eigenvalue weighted by atomic mass is 32.2. The number of halogens is 1. The van der Waals surface area contributed by atoms with Crippen LogP contribution in [0.5, 0.6) is 11.8 Å². The van der Waals surface area contributed by atoms with Crippen LogP contribution in [0.2, 0.25) is 0 Å². The van der Waals surface area contributed by atoms with Gasteiger partial charge in [-0.25, -0.2) is 22.8 Å². The van der Waals surface area contributed by atoms with Gasteiger partial charge in [-0.05, 0) is 18.6 Å². The van der Waals surface area contributed by atoms with Crippen LogP contribution in [0.3, 0.4) is 0 Å². The minimum Gasteiger partial charge on any atom is -0.479 e. The molecule has 40 heavy (non-hydrogen) atoms. The monoisotopic (exact) mass is 571 g/mol. The Labute approximate surface area is 229 Å². The normalized spacial score (nSPS) is 17.6. The molecule has 16 heteroatoms. The lowest BCUT2D eigenvalue weighted by molar-refractivity contribution is 0.0897. The van der Waals surface area contributed by atoms with Crippen molar-refractivity contribution < 1.29 is 27.0 Å². The molecule has 1 saturated heterocycles. The summed E-state index contributed by atoms with van der Waals surface area (Å²) < 4.78 is 59.2. The van der Waals surface area contributed by atoms with Gasteiger partial charge in [0.2, 0.25) is 17.7 Å². The number of anilines is 1. The number of piperidine rings is 1. The molecule has 1 fully saturated rings. The minimum absolute atomic E-state index is 0.0819. The maximum atomic E-state index is 13.9. The van der Waals surface area contributed by atoms with Gasteiger partial charge in [0.15, 0.2) is 33.0 Å². The van der Waals surface area contributed by atoms with Crippen molar-refractivity contribution >= 4 is 15.8 Å². The lowest BCUT2D eigenvalue weighted by Gasteiger charge is -2.36. The van der Waals surface area contributed by atoms with E-state index in [0.29, 0.717) is 17.9 Å². The smallest absolute Gasteiger partial charge is 0.245 e. The van der Waals surface area contributed by atoms with E-state index in [1.807, 2.05) is 0 Å². The molecule has 0 saturated carbocycles. The second-order valence-electron chi connectivity index (χ2n) is 8.89. The van der Waals surface area contributed by atoms with Gasteiger partial charge < -0.3 is 19.1 Å². The van der Waals surface area contributed by atoms with Crippen LogP contribution >= 0.6 is 0 Å². The summed E-state index contributed by atoms with van der Waals surface area (Å²) in [5.41, 5.74) is 0.810. The molecular weight excluding hydrogens is 545 g/mol. The summed E-state index contributed by atoms with van der Waals surface area (Å²) >= 11 is 0. The van der Waals surface area contributed by atoms with Gasteiger partial charge in [0.25, 0.3) is 0 Å². The van der Waals surface area contributed by atoms with Gasteiger partial charge in [0.1, 0.15) is 12.1 Å². The van der Waals surface area contributed by atoms with Gasteiger partial charge in [-0.3, -0.25) is 9.55 Å². The van der Waals surface area contributed by atoms with E-state index in [4.69, 9.17) is 14.2 Å². The predicted molar refractivity (Wildman–Crippen MR) is 139 cm³/mol. The van der Waals surface area contributed by atoms with Crippen LogP contribution in [0.25, 0.3) is 17.1 Å². The van der Waals surface area contributed by atoms with E-state index in [2.05, 4.69) is 35.1 Å². The third kappa shape index (κ3) is 5.40. The van der Waals surface area contributed by atoms with Crippen LogP contribution in [-0.2, 0) is 20.3 Å². The molecule has 4 aromatic rings. The molecule has 0 bridgehead atoms. The van der Waals surface area contributed by atoms with Crippen molar-refractivity contribution in [3.05, 3.63) is 54.9 Å². The fraction of sp³-hybridized carbons (Fsp3) is 0.375. The summed E-state index contributed by atoms with van der Waals surface area (Å²) in [6.07, 6.45) is 6.33.